The average Bonchev–Trinajstić information content (AvgIpc) is 3.67. The van der Waals surface area contributed by atoms with Gasteiger partial charge in [-0.05, 0) is 42.0 Å². The molecule has 1 atom stereocenters. The van der Waals surface area contributed by atoms with Gasteiger partial charge in [0.1, 0.15) is 11.4 Å². The largest absolute Gasteiger partial charge is 0.497 e. The van der Waals surface area contributed by atoms with Gasteiger partial charge < -0.3 is 14.6 Å². The van der Waals surface area contributed by atoms with Crippen molar-refractivity contribution in [3.05, 3.63) is 100 Å². The van der Waals surface area contributed by atoms with Gasteiger partial charge >= 0.3 is 5.97 Å². The molecule has 0 spiro atoms. The van der Waals surface area contributed by atoms with Crippen molar-refractivity contribution in [1.29, 1.82) is 0 Å². The number of benzene rings is 3. The summed E-state index contributed by atoms with van der Waals surface area (Å²) in [6, 6.07) is 19.6. The van der Waals surface area contributed by atoms with Crippen LogP contribution in [0.25, 0.3) is 27.4 Å². The lowest BCUT2D eigenvalue weighted by atomic mass is 10.0. The number of carboxylic acids is 1. The number of aromatic nitrogens is 4. The predicted molar refractivity (Wildman–Crippen MR) is 158 cm³/mol. The van der Waals surface area contributed by atoms with Gasteiger partial charge in [-0.25, -0.2) is 14.5 Å². The average molecular weight is 600 g/mol. The van der Waals surface area contributed by atoms with Crippen LogP contribution < -0.4 is 4.74 Å². The highest BCUT2D eigenvalue weighted by atomic mass is 32.1. The van der Waals surface area contributed by atoms with Crippen molar-refractivity contribution >= 4 is 28.1 Å². The summed E-state index contributed by atoms with van der Waals surface area (Å²) in [5.74, 6) is -0.573. The Hall–Kier alpha value is -5.34. The topological polar surface area (TPSA) is 167 Å². The predicted octanol–water partition coefficient (Wildman–Crippen LogP) is 5.90. The summed E-state index contributed by atoms with van der Waals surface area (Å²) in [5.41, 5.74) is 3.85. The zero-order chi connectivity index (χ0) is 30.3. The molecule has 1 N–H and O–H groups in total. The molecule has 5 rings (SSSR count). The summed E-state index contributed by atoms with van der Waals surface area (Å²) in [7, 11) is 3.17. The van der Waals surface area contributed by atoms with Crippen molar-refractivity contribution in [2.75, 3.05) is 14.2 Å². The molecule has 5 aromatic rings. The third-order valence-corrected chi connectivity index (χ3v) is 7.36. The fourth-order valence-corrected chi connectivity index (χ4v) is 5.18. The Balaban J connectivity index is 1.48. The van der Waals surface area contributed by atoms with Crippen LogP contribution in [0.15, 0.2) is 89.2 Å². The van der Waals surface area contributed by atoms with Crippen LogP contribution in [-0.4, -0.2) is 56.2 Å². The van der Waals surface area contributed by atoms with Crippen LogP contribution in [0, 0.1) is 10.1 Å². The first-order valence-corrected chi connectivity index (χ1v) is 13.7. The number of carbonyl (C=O) groups is 1. The van der Waals surface area contributed by atoms with Gasteiger partial charge in [-0.2, -0.15) is 5.11 Å². The number of nitrogens with zero attached hydrogens (tertiary/aromatic N) is 7. The summed E-state index contributed by atoms with van der Waals surface area (Å²) in [4.78, 5) is 28.3. The number of nitro groups is 1. The molecule has 2 aromatic heterocycles. The molecular formula is C29H25N7O6S. The van der Waals surface area contributed by atoms with Crippen LogP contribution in [0.3, 0.4) is 0 Å². The molecule has 218 valence electrons. The van der Waals surface area contributed by atoms with E-state index in [1.54, 1.807) is 31.2 Å². The van der Waals surface area contributed by atoms with Gasteiger partial charge in [-0.3, -0.25) is 10.1 Å². The highest BCUT2D eigenvalue weighted by Crippen LogP contribution is 2.41. The number of para-hydroxylation sites is 1. The Kier molecular flexibility index (Phi) is 8.88. The molecule has 0 aliphatic rings. The van der Waals surface area contributed by atoms with E-state index in [2.05, 4.69) is 25.5 Å². The minimum atomic E-state index is -1.34. The Morgan fingerprint density at radius 1 is 1.07 bits per heavy atom. The first-order valence-electron chi connectivity index (χ1n) is 12.9. The number of aliphatic carboxylic acids is 1. The molecule has 14 heteroatoms. The second kappa shape index (κ2) is 13.1. The Morgan fingerprint density at radius 2 is 1.79 bits per heavy atom. The number of hydrogen-bond donors (Lipinski definition) is 1. The van der Waals surface area contributed by atoms with Crippen LogP contribution in [0.5, 0.6) is 5.75 Å². The van der Waals surface area contributed by atoms with Crippen LogP contribution in [-0.2, 0) is 22.6 Å². The fraction of sp³-hybridized carbons (Fsp3) is 0.172. The molecule has 0 aliphatic heterocycles. The molecule has 0 saturated heterocycles. The first-order chi connectivity index (χ1) is 20.9. The summed E-state index contributed by atoms with van der Waals surface area (Å²) >= 11 is 1.24. The molecule has 0 radical (unpaired) electrons. The van der Waals surface area contributed by atoms with Crippen LogP contribution >= 0.6 is 11.3 Å². The number of hydrogen-bond acceptors (Lipinski definition) is 11. The number of ether oxygens (including phenoxy) is 2. The molecule has 13 nitrogen and oxygen atoms in total. The van der Waals surface area contributed by atoms with Crippen LogP contribution in [0.2, 0.25) is 0 Å². The third kappa shape index (κ3) is 6.77. The van der Waals surface area contributed by atoms with Crippen molar-refractivity contribution in [2.45, 2.75) is 19.1 Å². The second-order valence-electron chi connectivity index (χ2n) is 9.20. The number of azo groups is 1. The molecule has 0 aliphatic carbocycles. The Labute approximate surface area is 249 Å². The zero-order valence-electron chi connectivity index (χ0n) is 23.0. The van der Waals surface area contributed by atoms with Crippen molar-refractivity contribution in [2.24, 2.45) is 10.2 Å². The zero-order valence-corrected chi connectivity index (χ0v) is 23.8. The van der Waals surface area contributed by atoms with E-state index in [9.17, 15) is 20.0 Å². The number of nitro benzene ring substituents is 1. The van der Waals surface area contributed by atoms with Gasteiger partial charge in [0.25, 0.3) is 5.69 Å². The van der Waals surface area contributed by atoms with E-state index in [1.807, 2.05) is 48.5 Å². The van der Waals surface area contributed by atoms with Gasteiger partial charge in [0.2, 0.25) is 5.13 Å². The van der Waals surface area contributed by atoms with Gasteiger partial charge in [0.15, 0.2) is 6.04 Å². The number of rotatable bonds is 12. The summed E-state index contributed by atoms with van der Waals surface area (Å²) in [6.07, 6.45) is 1.59. The van der Waals surface area contributed by atoms with Crippen molar-refractivity contribution < 1.29 is 24.3 Å². The van der Waals surface area contributed by atoms with E-state index in [0.717, 1.165) is 21.7 Å². The monoisotopic (exact) mass is 599 g/mol. The minimum absolute atomic E-state index is 0.175. The van der Waals surface area contributed by atoms with Gasteiger partial charge in [-0.15, -0.1) is 10.2 Å². The smallest absolute Gasteiger partial charge is 0.330 e. The fourth-order valence-electron chi connectivity index (χ4n) is 4.26. The molecular weight excluding hydrogens is 574 g/mol. The van der Waals surface area contributed by atoms with Crippen molar-refractivity contribution in [1.82, 2.24) is 20.0 Å². The lowest BCUT2D eigenvalue weighted by Crippen LogP contribution is -2.20. The van der Waals surface area contributed by atoms with Gasteiger partial charge in [0.05, 0.1) is 41.1 Å². The van der Waals surface area contributed by atoms with Gasteiger partial charge in [-0.1, -0.05) is 46.9 Å². The normalized spacial score (nSPS) is 12.0. The third-order valence-electron chi connectivity index (χ3n) is 6.38. The van der Waals surface area contributed by atoms with E-state index in [1.165, 1.54) is 29.5 Å². The van der Waals surface area contributed by atoms with Gasteiger partial charge in [0, 0.05) is 30.7 Å². The highest BCUT2D eigenvalue weighted by molar-refractivity contribution is 7.19. The lowest BCUT2D eigenvalue weighted by Gasteiger charge is -2.06. The maximum absolute atomic E-state index is 12.0. The number of carboxylic acid groups (broad SMARTS) is 1. The molecule has 0 saturated carbocycles. The summed E-state index contributed by atoms with van der Waals surface area (Å²) in [6.45, 7) is 0.354. The lowest BCUT2D eigenvalue weighted by molar-refractivity contribution is -0.385. The molecule has 3 aromatic carbocycles. The first kappa shape index (κ1) is 29.2. The summed E-state index contributed by atoms with van der Waals surface area (Å²) < 4.78 is 12.0. The maximum atomic E-state index is 12.0. The van der Waals surface area contributed by atoms with E-state index in [4.69, 9.17) is 9.47 Å². The second-order valence-corrected chi connectivity index (χ2v) is 10.2. The molecule has 0 amide bonds. The van der Waals surface area contributed by atoms with E-state index in [0.29, 0.717) is 23.7 Å². The quantitative estimate of drug-likeness (QED) is 0.104. The van der Waals surface area contributed by atoms with Crippen LogP contribution in [0.1, 0.15) is 11.3 Å². The number of methoxy groups -OCH3 is 2. The minimum Gasteiger partial charge on any atom is -0.497 e. The maximum Gasteiger partial charge on any atom is 0.330 e. The Morgan fingerprint density at radius 3 is 2.47 bits per heavy atom. The highest BCUT2D eigenvalue weighted by Gasteiger charge is 2.23. The van der Waals surface area contributed by atoms with E-state index in [-0.39, 0.29) is 22.8 Å². The van der Waals surface area contributed by atoms with Crippen molar-refractivity contribution in [3.8, 4) is 33.1 Å². The molecule has 1 unspecified atom stereocenters. The molecule has 0 fully saturated rings. The Bertz CT molecular complexity index is 1770. The standard InChI is InChI=1S/C29H25N7O6S/c1-41-17-21-16-35(34-31-21)22-11-7-19(8-12-22)27-26(18-9-13-23(42-2)14-10-18)30-29(43-27)33-32-24(28(37)38)15-20-5-3-4-6-25(20)36(39)40/h3-14,16,24H,15,17H2,1-2H3,(H,37,38). The summed E-state index contributed by atoms with van der Waals surface area (Å²) in [5, 5.41) is 37.9. The van der Waals surface area contributed by atoms with Crippen LogP contribution in [0.4, 0.5) is 10.8 Å². The molecule has 2 heterocycles. The molecule has 43 heavy (non-hydrogen) atoms. The van der Waals surface area contributed by atoms with Crippen molar-refractivity contribution in [3.63, 3.8) is 0 Å². The van der Waals surface area contributed by atoms with E-state index >= 15 is 0 Å². The molecule has 0 bridgehead atoms. The number of thiazole rings is 1. The van der Waals surface area contributed by atoms with E-state index < -0.39 is 16.9 Å². The SMILES string of the molecule is COCc1cn(-c2ccc(-c3sc(N=NC(Cc4ccccc4[N+](=O)[O-])C(=O)O)nc3-c3ccc(OC)cc3)cc2)nn1.